The van der Waals surface area contributed by atoms with E-state index in [9.17, 15) is 9.90 Å². The molecule has 0 saturated heterocycles. The SMILES string of the molecule is CCCCOCCOc1ccc(-c2cc3c(cc2C)N(CC(C)C)CCC/C(C(=O)O)=C\3)cc1. The normalized spacial score (nSPS) is 15.3. The average molecular weight is 466 g/mol. The van der Waals surface area contributed by atoms with Gasteiger partial charge in [-0.05, 0) is 84.7 Å². The summed E-state index contributed by atoms with van der Waals surface area (Å²) >= 11 is 0. The van der Waals surface area contributed by atoms with E-state index in [1.165, 1.54) is 5.56 Å². The third kappa shape index (κ3) is 7.10. The maximum absolute atomic E-state index is 11.8. The first-order valence-electron chi connectivity index (χ1n) is 12.5. The minimum Gasteiger partial charge on any atom is -0.491 e. The van der Waals surface area contributed by atoms with Gasteiger partial charge in [-0.15, -0.1) is 0 Å². The van der Waals surface area contributed by atoms with Gasteiger partial charge in [0.1, 0.15) is 12.4 Å². The predicted molar refractivity (Wildman–Crippen MR) is 140 cm³/mol. The molecule has 34 heavy (non-hydrogen) atoms. The second-order valence-corrected chi connectivity index (χ2v) is 9.48. The molecule has 0 aliphatic carbocycles. The molecular formula is C29H39NO4. The van der Waals surface area contributed by atoms with Crippen molar-refractivity contribution in [2.24, 2.45) is 5.92 Å². The van der Waals surface area contributed by atoms with E-state index in [0.29, 0.717) is 31.1 Å². The van der Waals surface area contributed by atoms with Gasteiger partial charge >= 0.3 is 5.97 Å². The van der Waals surface area contributed by atoms with Crippen LogP contribution in [0, 0.1) is 12.8 Å². The Morgan fingerprint density at radius 2 is 1.88 bits per heavy atom. The highest BCUT2D eigenvalue weighted by Gasteiger charge is 2.20. The van der Waals surface area contributed by atoms with Crippen LogP contribution in [0.25, 0.3) is 17.2 Å². The van der Waals surface area contributed by atoms with Crippen molar-refractivity contribution in [1.29, 1.82) is 0 Å². The maximum atomic E-state index is 11.8. The Kier molecular flexibility index (Phi) is 9.58. The number of ether oxygens (including phenoxy) is 2. The zero-order valence-electron chi connectivity index (χ0n) is 21.1. The molecule has 1 aliphatic heterocycles. The molecule has 2 aromatic carbocycles. The number of aryl methyl sites for hydroxylation is 1. The van der Waals surface area contributed by atoms with Crippen LogP contribution in [0.5, 0.6) is 5.75 Å². The van der Waals surface area contributed by atoms with Crippen molar-refractivity contribution in [3.05, 3.63) is 53.1 Å². The van der Waals surface area contributed by atoms with Crippen molar-refractivity contribution < 1.29 is 19.4 Å². The first-order valence-corrected chi connectivity index (χ1v) is 12.5. The Morgan fingerprint density at radius 3 is 2.56 bits per heavy atom. The smallest absolute Gasteiger partial charge is 0.331 e. The molecule has 0 aromatic heterocycles. The summed E-state index contributed by atoms with van der Waals surface area (Å²) in [6.45, 7) is 12.5. The van der Waals surface area contributed by atoms with E-state index in [1.807, 2.05) is 18.2 Å². The molecular weight excluding hydrogens is 426 g/mol. The molecule has 2 aromatic rings. The number of hydrogen-bond acceptors (Lipinski definition) is 4. The van der Waals surface area contributed by atoms with Gasteiger partial charge in [0.25, 0.3) is 0 Å². The molecule has 0 radical (unpaired) electrons. The second kappa shape index (κ2) is 12.6. The predicted octanol–water partition coefficient (Wildman–Crippen LogP) is 6.58. The van der Waals surface area contributed by atoms with Crippen molar-refractivity contribution in [1.82, 2.24) is 0 Å². The number of hydrogen-bond donors (Lipinski definition) is 1. The van der Waals surface area contributed by atoms with E-state index < -0.39 is 5.97 Å². The highest BCUT2D eigenvalue weighted by molar-refractivity contribution is 5.94. The maximum Gasteiger partial charge on any atom is 0.331 e. The van der Waals surface area contributed by atoms with E-state index in [1.54, 1.807) is 0 Å². The lowest BCUT2D eigenvalue weighted by Crippen LogP contribution is -2.30. The molecule has 0 unspecified atom stereocenters. The Morgan fingerprint density at radius 1 is 1.12 bits per heavy atom. The first-order chi connectivity index (χ1) is 16.4. The third-order valence-electron chi connectivity index (χ3n) is 6.08. The van der Waals surface area contributed by atoms with Gasteiger partial charge in [0.15, 0.2) is 0 Å². The van der Waals surface area contributed by atoms with Crippen molar-refractivity contribution in [2.75, 3.05) is 37.8 Å². The van der Waals surface area contributed by atoms with Gasteiger partial charge in [0, 0.05) is 31.0 Å². The fourth-order valence-electron chi connectivity index (χ4n) is 4.35. The van der Waals surface area contributed by atoms with E-state index >= 15 is 0 Å². The molecule has 5 nitrogen and oxygen atoms in total. The highest BCUT2D eigenvalue weighted by atomic mass is 16.5. The Labute approximate surface area is 204 Å². The lowest BCUT2D eigenvalue weighted by Gasteiger charge is -2.31. The molecule has 5 heteroatoms. The molecule has 0 bridgehead atoms. The molecule has 0 spiro atoms. The van der Waals surface area contributed by atoms with Gasteiger partial charge in [-0.1, -0.05) is 39.3 Å². The second-order valence-electron chi connectivity index (χ2n) is 9.48. The van der Waals surface area contributed by atoms with Crippen molar-refractivity contribution in [3.63, 3.8) is 0 Å². The summed E-state index contributed by atoms with van der Waals surface area (Å²) in [6.07, 6.45) is 5.50. The van der Waals surface area contributed by atoms with Crippen LogP contribution in [0.3, 0.4) is 0 Å². The van der Waals surface area contributed by atoms with Crippen molar-refractivity contribution in [2.45, 2.75) is 53.4 Å². The summed E-state index contributed by atoms with van der Waals surface area (Å²) in [4.78, 5) is 14.2. The van der Waals surface area contributed by atoms with Crippen molar-refractivity contribution in [3.8, 4) is 16.9 Å². The van der Waals surface area contributed by atoms with Crippen LogP contribution in [-0.2, 0) is 9.53 Å². The molecule has 1 heterocycles. The number of fused-ring (bicyclic) bond motifs is 1. The van der Waals surface area contributed by atoms with Crippen LogP contribution >= 0.6 is 0 Å². The van der Waals surface area contributed by atoms with Gasteiger partial charge in [0.2, 0.25) is 0 Å². The lowest BCUT2D eigenvalue weighted by molar-refractivity contribution is -0.132. The molecule has 0 amide bonds. The number of carboxylic acid groups (broad SMARTS) is 1. The van der Waals surface area contributed by atoms with Gasteiger partial charge < -0.3 is 19.5 Å². The third-order valence-corrected chi connectivity index (χ3v) is 6.08. The lowest BCUT2D eigenvalue weighted by atomic mass is 9.93. The summed E-state index contributed by atoms with van der Waals surface area (Å²) in [5, 5.41) is 9.69. The van der Waals surface area contributed by atoms with Crippen molar-refractivity contribution >= 4 is 17.7 Å². The highest BCUT2D eigenvalue weighted by Crippen LogP contribution is 2.35. The minimum absolute atomic E-state index is 0.477. The van der Waals surface area contributed by atoms with E-state index in [0.717, 1.165) is 67.1 Å². The zero-order chi connectivity index (χ0) is 24.5. The number of unbranched alkanes of at least 4 members (excludes halogenated alkanes) is 1. The van der Waals surface area contributed by atoms with Crippen LogP contribution in [-0.4, -0.2) is 44.0 Å². The summed E-state index contributed by atoms with van der Waals surface area (Å²) in [6, 6.07) is 12.5. The van der Waals surface area contributed by atoms with Crippen LogP contribution in [0.1, 0.15) is 57.6 Å². The number of aliphatic carboxylic acids is 1. The Bertz CT molecular complexity index is 978. The molecule has 1 aliphatic rings. The van der Waals surface area contributed by atoms with Crippen LogP contribution < -0.4 is 9.64 Å². The van der Waals surface area contributed by atoms with E-state index in [4.69, 9.17) is 9.47 Å². The summed E-state index contributed by atoms with van der Waals surface area (Å²) < 4.78 is 11.4. The number of nitrogens with zero attached hydrogens (tertiary/aromatic N) is 1. The topological polar surface area (TPSA) is 59.0 Å². The molecule has 3 rings (SSSR count). The largest absolute Gasteiger partial charge is 0.491 e. The quantitative estimate of drug-likeness (QED) is 0.380. The van der Waals surface area contributed by atoms with Crippen LogP contribution in [0.4, 0.5) is 5.69 Å². The summed E-state index contributed by atoms with van der Waals surface area (Å²) in [7, 11) is 0. The number of anilines is 1. The van der Waals surface area contributed by atoms with Crippen LogP contribution in [0.15, 0.2) is 42.0 Å². The monoisotopic (exact) mass is 465 g/mol. The van der Waals surface area contributed by atoms with Gasteiger partial charge in [-0.25, -0.2) is 4.79 Å². The van der Waals surface area contributed by atoms with Gasteiger partial charge in [-0.3, -0.25) is 0 Å². The summed E-state index contributed by atoms with van der Waals surface area (Å²) in [5.41, 5.74) is 5.95. The van der Waals surface area contributed by atoms with E-state index in [-0.39, 0.29) is 0 Å². The number of rotatable bonds is 11. The Balaban J connectivity index is 1.84. The Hall–Kier alpha value is -2.79. The molecule has 0 saturated carbocycles. The summed E-state index contributed by atoms with van der Waals surface area (Å²) in [5.74, 6) is 0.522. The molecule has 0 atom stereocenters. The fourth-order valence-corrected chi connectivity index (χ4v) is 4.35. The standard InChI is InChI=1S/C29H39NO4/c1-5-6-14-33-15-16-34-26-11-9-23(10-12-26)27-19-25-18-24(29(31)32)8-7-13-30(20-21(2)3)28(25)17-22(27)4/h9-12,17-19,21H,5-8,13-16,20H2,1-4H3,(H,31,32)/b24-18+. The fraction of sp³-hybridized carbons (Fsp3) is 0.483. The first kappa shape index (κ1) is 25.8. The number of carboxylic acids is 1. The molecule has 0 fully saturated rings. The van der Waals surface area contributed by atoms with Crippen LogP contribution in [0.2, 0.25) is 0 Å². The molecule has 184 valence electrons. The van der Waals surface area contributed by atoms with Gasteiger partial charge in [-0.2, -0.15) is 0 Å². The number of carbonyl (C=O) groups is 1. The average Bonchev–Trinajstić information content (AvgIpc) is 2.79. The molecule has 1 N–H and O–H groups in total. The zero-order valence-corrected chi connectivity index (χ0v) is 21.1. The minimum atomic E-state index is -0.828. The van der Waals surface area contributed by atoms with E-state index in [2.05, 4.69) is 56.9 Å². The number of benzene rings is 2. The van der Waals surface area contributed by atoms with Gasteiger partial charge in [0.05, 0.1) is 6.61 Å².